The van der Waals surface area contributed by atoms with Crippen LogP contribution in [0.25, 0.3) is 0 Å². The molecule has 0 unspecified atom stereocenters. The van der Waals surface area contributed by atoms with E-state index in [-0.39, 0.29) is 5.91 Å². The lowest BCUT2D eigenvalue weighted by Gasteiger charge is -2.26. The molecule has 1 aliphatic rings. The Morgan fingerprint density at radius 1 is 1.32 bits per heavy atom. The van der Waals surface area contributed by atoms with Crippen molar-refractivity contribution in [3.63, 3.8) is 0 Å². The maximum absolute atomic E-state index is 11.9. The van der Waals surface area contributed by atoms with Crippen LogP contribution in [0.5, 0.6) is 0 Å². The quantitative estimate of drug-likeness (QED) is 0.535. The number of hydrazine groups is 1. The highest BCUT2D eigenvalue weighted by molar-refractivity contribution is 5.94. The fourth-order valence-corrected chi connectivity index (χ4v) is 2.23. The Bertz CT molecular complexity index is 400. The average Bonchev–Trinajstić information content (AvgIpc) is 2.48. The number of anilines is 1. The van der Waals surface area contributed by atoms with Gasteiger partial charge < -0.3 is 15.6 Å². The van der Waals surface area contributed by atoms with Gasteiger partial charge in [0.05, 0.1) is 5.56 Å². The third-order valence-corrected chi connectivity index (χ3v) is 3.34. The van der Waals surface area contributed by atoms with E-state index in [1.165, 1.54) is 25.5 Å². The highest BCUT2D eigenvalue weighted by Gasteiger charge is 2.10. The predicted octanol–water partition coefficient (Wildman–Crippen LogP) is 0.583. The first kappa shape index (κ1) is 13.8. The summed E-state index contributed by atoms with van der Waals surface area (Å²) >= 11 is 0. The van der Waals surface area contributed by atoms with Gasteiger partial charge in [0.25, 0.3) is 5.91 Å². The Hall–Kier alpha value is -1.66. The fraction of sp³-hybridized carbons (Fsp3) is 0.538. The van der Waals surface area contributed by atoms with E-state index in [0.717, 1.165) is 19.6 Å². The Kier molecular flexibility index (Phi) is 5.11. The lowest BCUT2D eigenvalue weighted by molar-refractivity contribution is 0.0946. The summed E-state index contributed by atoms with van der Waals surface area (Å²) in [5.74, 6) is 5.68. The number of piperidine rings is 1. The van der Waals surface area contributed by atoms with E-state index in [2.05, 4.69) is 20.6 Å². The standard InChI is InChI=1S/C13H21N5O/c14-17-12-5-4-11(10-16-12)13(19)15-6-9-18-7-2-1-3-8-18/h4-5,10H,1-3,6-9,14H2,(H,15,19)(H,16,17). The molecule has 1 fully saturated rings. The van der Waals surface area contributed by atoms with E-state index in [0.29, 0.717) is 17.9 Å². The normalized spacial score (nSPS) is 16.1. The number of likely N-dealkylation sites (tertiary alicyclic amines) is 1. The summed E-state index contributed by atoms with van der Waals surface area (Å²) in [5.41, 5.74) is 2.98. The summed E-state index contributed by atoms with van der Waals surface area (Å²) in [7, 11) is 0. The summed E-state index contributed by atoms with van der Waals surface area (Å²) in [6.07, 6.45) is 5.39. The number of nitrogen functional groups attached to an aromatic ring is 1. The zero-order valence-corrected chi connectivity index (χ0v) is 11.1. The van der Waals surface area contributed by atoms with E-state index >= 15 is 0 Å². The average molecular weight is 263 g/mol. The molecule has 1 aromatic heterocycles. The second-order valence-electron chi connectivity index (χ2n) is 4.73. The van der Waals surface area contributed by atoms with Crippen LogP contribution in [0.4, 0.5) is 5.82 Å². The monoisotopic (exact) mass is 263 g/mol. The van der Waals surface area contributed by atoms with Gasteiger partial charge in [-0.05, 0) is 38.1 Å². The number of hydrogen-bond donors (Lipinski definition) is 3. The molecular formula is C13H21N5O. The van der Waals surface area contributed by atoms with Gasteiger partial charge in [-0.2, -0.15) is 0 Å². The number of carbonyl (C=O) groups is 1. The molecule has 4 N–H and O–H groups in total. The molecule has 2 heterocycles. The first-order valence-electron chi connectivity index (χ1n) is 6.73. The highest BCUT2D eigenvalue weighted by atomic mass is 16.1. The van der Waals surface area contributed by atoms with E-state index in [1.807, 2.05) is 0 Å². The van der Waals surface area contributed by atoms with Crippen molar-refractivity contribution in [3.8, 4) is 0 Å². The van der Waals surface area contributed by atoms with Gasteiger partial charge in [-0.1, -0.05) is 6.42 Å². The summed E-state index contributed by atoms with van der Waals surface area (Å²) in [6.45, 7) is 3.89. The van der Waals surface area contributed by atoms with Crippen LogP contribution in [0.3, 0.4) is 0 Å². The van der Waals surface area contributed by atoms with Crippen molar-refractivity contribution in [1.29, 1.82) is 0 Å². The van der Waals surface area contributed by atoms with Gasteiger partial charge in [-0.25, -0.2) is 10.8 Å². The minimum absolute atomic E-state index is 0.0897. The number of carbonyl (C=O) groups excluding carboxylic acids is 1. The van der Waals surface area contributed by atoms with E-state index in [1.54, 1.807) is 12.1 Å². The van der Waals surface area contributed by atoms with Crippen molar-refractivity contribution >= 4 is 11.7 Å². The number of amides is 1. The first-order valence-corrected chi connectivity index (χ1v) is 6.73. The molecule has 1 amide bonds. The van der Waals surface area contributed by atoms with Crippen LogP contribution in [0.15, 0.2) is 18.3 Å². The van der Waals surface area contributed by atoms with Crippen LogP contribution in [0.2, 0.25) is 0 Å². The zero-order chi connectivity index (χ0) is 13.5. The van der Waals surface area contributed by atoms with Crippen molar-refractivity contribution in [2.45, 2.75) is 19.3 Å². The van der Waals surface area contributed by atoms with Gasteiger partial charge in [-0.15, -0.1) is 0 Å². The molecule has 0 radical (unpaired) electrons. The number of nitrogens with zero attached hydrogens (tertiary/aromatic N) is 2. The van der Waals surface area contributed by atoms with Crippen molar-refractivity contribution in [3.05, 3.63) is 23.9 Å². The number of pyridine rings is 1. The van der Waals surface area contributed by atoms with Crippen LogP contribution >= 0.6 is 0 Å². The third kappa shape index (κ3) is 4.18. The number of aromatic nitrogens is 1. The summed E-state index contributed by atoms with van der Waals surface area (Å²) in [5, 5.41) is 2.91. The molecule has 0 atom stereocenters. The van der Waals surface area contributed by atoms with Gasteiger partial charge >= 0.3 is 0 Å². The molecule has 6 nitrogen and oxygen atoms in total. The molecule has 0 saturated carbocycles. The molecule has 0 aromatic carbocycles. The van der Waals surface area contributed by atoms with E-state index in [9.17, 15) is 4.79 Å². The number of rotatable bonds is 5. The second-order valence-corrected chi connectivity index (χ2v) is 4.73. The van der Waals surface area contributed by atoms with Crippen molar-refractivity contribution in [2.24, 2.45) is 5.84 Å². The van der Waals surface area contributed by atoms with Crippen LogP contribution in [-0.2, 0) is 0 Å². The molecule has 1 saturated heterocycles. The molecule has 0 aliphatic carbocycles. The smallest absolute Gasteiger partial charge is 0.252 e. The largest absolute Gasteiger partial charge is 0.351 e. The van der Waals surface area contributed by atoms with Gasteiger partial charge in [-0.3, -0.25) is 4.79 Å². The van der Waals surface area contributed by atoms with Gasteiger partial charge in [0.15, 0.2) is 0 Å². The van der Waals surface area contributed by atoms with Crippen molar-refractivity contribution in [1.82, 2.24) is 15.2 Å². The molecule has 6 heteroatoms. The first-order chi connectivity index (χ1) is 9.29. The molecular weight excluding hydrogens is 242 g/mol. The van der Waals surface area contributed by atoms with Gasteiger partial charge in [0.2, 0.25) is 0 Å². The summed E-state index contributed by atoms with van der Waals surface area (Å²) in [4.78, 5) is 18.3. The molecule has 2 rings (SSSR count). The maximum Gasteiger partial charge on any atom is 0.252 e. The van der Waals surface area contributed by atoms with Gasteiger partial charge in [0.1, 0.15) is 5.82 Å². The number of nitrogens with two attached hydrogens (primary N) is 1. The number of hydrogen-bond acceptors (Lipinski definition) is 5. The second kappa shape index (κ2) is 7.06. The van der Waals surface area contributed by atoms with Crippen molar-refractivity contribution < 1.29 is 4.79 Å². The Morgan fingerprint density at radius 2 is 2.11 bits per heavy atom. The predicted molar refractivity (Wildman–Crippen MR) is 74.7 cm³/mol. The minimum atomic E-state index is -0.0897. The summed E-state index contributed by atoms with van der Waals surface area (Å²) in [6, 6.07) is 3.39. The topological polar surface area (TPSA) is 83.3 Å². The zero-order valence-electron chi connectivity index (χ0n) is 11.1. The molecule has 0 spiro atoms. The van der Waals surface area contributed by atoms with Gasteiger partial charge in [0, 0.05) is 19.3 Å². The number of nitrogens with one attached hydrogen (secondary N) is 2. The van der Waals surface area contributed by atoms with E-state index < -0.39 is 0 Å². The van der Waals surface area contributed by atoms with Crippen molar-refractivity contribution in [2.75, 3.05) is 31.6 Å². The Morgan fingerprint density at radius 3 is 2.74 bits per heavy atom. The Balaban J connectivity index is 1.73. The van der Waals surface area contributed by atoms with Crippen LogP contribution in [0.1, 0.15) is 29.6 Å². The molecule has 19 heavy (non-hydrogen) atoms. The minimum Gasteiger partial charge on any atom is -0.351 e. The lowest BCUT2D eigenvalue weighted by atomic mass is 10.1. The Labute approximate surface area is 113 Å². The molecule has 104 valence electrons. The molecule has 0 bridgehead atoms. The fourth-order valence-electron chi connectivity index (χ4n) is 2.23. The molecule has 1 aromatic rings. The lowest BCUT2D eigenvalue weighted by Crippen LogP contribution is -2.37. The van der Waals surface area contributed by atoms with Crippen LogP contribution in [-0.4, -0.2) is 42.0 Å². The third-order valence-electron chi connectivity index (χ3n) is 3.34. The highest BCUT2D eigenvalue weighted by Crippen LogP contribution is 2.07. The molecule has 1 aliphatic heterocycles. The maximum atomic E-state index is 11.9. The SMILES string of the molecule is NNc1ccc(C(=O)NCCN2CCCCC2)cn1. The van der Waals surface area contributed by atoms with Crippen LogP contribution < -0.4 is 16.6 Å². The summed E-state index contributed by atoms with van der Waals surface area (Å²) < 4.78 is 0. The van der Waals surface area contributed by atoms with E-state index in [4.69, 9.17) is 5.84 Å². The van der Waals surface area contributed by atoms with Crippen LogP contribution in [0, 0.1) is 0 Å².